The minimum atomic E-state index is -0.257. The number of anilines is 2. The summed E-state index contributed by atoms with van der Waals surface area (Å²) in [6.45, 7) is 4.55. The molecule has 7 heteroatoms. The van der Waals surface area contributed by atoms with E-state index in [-0.39, 0.29) is 11.8 Å². The number of fused-ring (bicyclic) bond motifs is 1. The van der Waals surface area contributed by atoms with E-state index >= 15 is 0 Å². The molecule has 1 saturated heterocycles. The van der Waals surface area contributed by atoms with Crippen molar-refractivity contribution in [2.24, 2.45) is 0 Å². The second kappa shape index (κ2) is 8.86. The van der Waals surface area contributed by atoms with Gasteiger partial charge in [-0.1, -0.05) is 30.3 Å². The summed E-state index contributed by atoms with van der Waals surface area (Å²) in [5.74, 6) is 0.593. The Bertz CT molecular complexity index is 1300. The molecule has 4 aromatic rings. The first-order valence-corrected chi connectivity index (χ1v) is 10.9. The number of amides is 2. The third-order valence-electron chi connectivity index (χ3n) is 5.93. The molecule has 0 aliphatic carbocycles. The molecule has 3 aromatic carbocycles. The maximum atomic E-state index is 13.3. The van der Waals surface area contributed by atoms with Crippen molar-refractivity contribution >= 4 is 28.4 Å². The lowest BCUT2D eigenvalue weighted by molar-refractivity contribution is 0.208. The number of carbonyl (C=O) groups is 1. The van der Waals surface area contributed by atoms with Crippen molar-refractivity contribution in [2.75, 3.05) is 36.4 Å². The van der Waals surface area contributed by atoms with E-state index < -0.39 is 0 Å². The zero-order chi connectivity index (χ0) is 22.8. The number of benzene rings is 3. The lowest BCUT2D eigenvalue weighted by Crippen LogP contribution is -2.50. The minimum Gasteiger partial charge on any atom is -0.352 e. The predicted octanol–water partition coefficient (Wildman–Crippen LogP) is 5.10. The molecule has 2 amide bonds. The van der Waals surface area contributed by atoms with Gasteiger partial charge in [0.05, 0.1) is 5.52 Å². The maximum absolute atomic E-state index is 13.3. The van der Waals surface area contributed by atoms with Gasteiger partial charge in [0.2, 0.25) is 0 Å². The number of piperazine rings is 1. The fraction of sp³-hybridized carbons (Fsp3) is 0.192. The molecule has 0 saturated carbocycles. The van der Waals surface area contributed by atoms with E-state index in [0.717, 1.165) is 39.1 Å². The first kappa shape index (κ1) is 20.9. The third-order valence-corrected chi connectivity index (χ3v) is 5.93. The Morgan fingerprint density at radius 1 is 0.909 bits per heavy atom. The van der Waals surface area contributed by atoms with E-state index in [2.05, 4.69) is 26.3 Å². The van der Waals surface area contributed by atoms with E-state index in [0.29, 0.717) is 26.2 Å². The molecule has 0 radical (unpaired) electrons. The van der Waals surface area contributed by atoms with Crippen LogP contribution in [0.3, 0.4) is 0 Å². The highest BCUT2D eigenvalue weighted by atomic mass is 19.1. The number of carbonyl (C=O) groups excluding carboxylic acids is 1. The largest absolute Gasteiger partial charge is 0.352 e. The summed E-state index contributed by atoms with van der Waals surface area (Å²) in [4.78, 5) is 25.7. The smallest absolute Gasteiger partial charge is 0.321 e. The number of aryl methyl sites for hydroxylation is 1. The Balaban J connectivity index is 1.33. The topological polar surface area (TPSA) is 61.4 Å². The van der Waals surface area contributed by atoms with Gasteiger partial charge in [-0.2, -0.15) is 0 Å². The van der Waals surface area contributed by atoms with Crippen molar-refractivity contribution in [3.05, 3.63) is 84.4 Å². The molecule has 1 aliphatic heterocycles. The predicted molar refractivity (Wildman–Crippen MR) is 129 cm³/mol. The Morgan fingerprint density at radius 3 is 2.42 bits per heavy atom. The molecule has 33 heavy (non-hydrogen) atoms. The van der Waals surface area contributed by atoms with Gasteiger partial charge >= 0.3 is 6.03 Å². The van der Waals surface area contributed by atoms with Gasteiger partial charge in [-0.3, -0.25) is 0 Å². The lowest BCUT2D eigenvalue weighted by atomic mass is 10.0. The van der Waals surface area contributed by atoms with Crippen molar-refractivity contribution in [3.8, 4) is 11.1 Å². The van der Waals surface area contributed by atoms with Crippen LogP contribution in [0.15, 0.2) is 73.1 Å². The van der Waals surface area contributed by atoms with Crippen LogP contribution in [0.2, 0.25) is 0 Å². The zero-order valence-corrected chi connectivity index (χ0v) is 18.3. The Hall–Kier alpha value is -4.00. The highest BCUT2D eigenvalue weighted by Gasteiger charge is 2.23. The number of halogens is 1. The van der Waals surface area contributed by atoms with Crippen LogP contribution >= 0.6 is 0 Å². The SMILES string of the molecule is Cc1cccc(NC(=O)N2CCN(c3ncnc4ccc(-c5ccc(F)cc5)cc34)CC2)c1. The molecular weight excluding hydrogens is 417 g/mol. The maximum Gasteiger partial charge on any atom is 0.321 e. The molecule has 0 atom stereocenters. The monoisotopic (exact) mass is 441 g/mol. The first-order valence-electron chi connectivity index (χ1n) is 10.9. The normalized spacial score (nSPS) is 13.9. The standard InChI is InChI=1S/C26H24FN5O/c1-18-3-2-4-22(15-18)30-26(33)32-13-11-31(12-14-32)25-23-16-20(7-10-24(23)28-17-29-25)19-5-8-21(27)9-6-19/h2-10,15-17H,11-14H2,1H3,(H,30,33). The van der Waals surface area contributed by atoms with Gasteiger partial charge in [-0.25, -0.2) is 19.2 Å². The average molecular weight is 442 g/mol. The van der Waals surface area contributed by atoms with Gasteiger partial charge in [0, 0.05) is 37.3 Å². The van der Waals surface area contributed by atoms with Gasteiger partial charge in [0.15, 0.2) is 0 Å². The number of hydrogen-bond donors (Lipinski definition) is 1. The van der Waals surface area contributed by atoms with Crippen molar-refractivity contribution in [1.82, 2.24) is 14.9 Å². The van der Waals surface area contributed by atoms with Gasteiger partial charge < -0.3 is 15.1 Å². The molecule has 2 heterocycles. The Kier molecular flexibility index (Phi) is 5.60. The number of hydrogen-bond acceptors (Lipinski definition) is 4. The summed E-state index contributed by atoms with van der Waals surface area (Å²) < 4.78 is 13.3. The molecule has 1 aromatic heterocycles. The molecule has 0 unspecified atom stereocenters. The minimum absolute atomic E-state index is 0.0913. The molecule has 0 bridgehead atoms. The molecule has 5 rings (SSSR count). The summed E-state index contributed by atoms with van der Waals surface area (Å²) >= 11 is 0. The number of nitrogens with zero attached hydrogens (tertiary/aromatic N) is 4. The molecule has 1 N–H and O–H groups in total. The first-order chi connectivity index (χ1) is 16.1. The molecule has 0 spiro atoms. The van der Waals surface area contributed by atoms with E-state index in [1.54, 1.807) is 18.5 Å². The van der Waals surface area contributed by atoms with Gasteiger partial charge in [0.1, 0.15) is 18.0 Å². The molecule has 6 nitrogen and oxygen atoms in total. The fourth-order valence-corrected chi connectivity index (χ4v) is 4.16. The molecular formula is C26H24FN5O. The summed E-state index contributed by atoms with van der Waals surface area (Å²) in [6.07, 6.45) is 1.58. The fourth-order valence-electron chi connectivity index (χ4n) is 4.16. The Morgan fingerprint density at radius 2 is 1.67 bits per heavy atom. The summed E-state index contributed by atoms with van der Waals surface area (Å²) in [6, 6.07) is 20.2. The molecule has 1 fully saturated rings. The second-order valence-corrected chi connectivity index (χ2v) is 8.21. The van der Waals surface area contributed by atoms with Crippen molar-refractivity contribution in [3.63, 3.8) is 0 Å². The van der Waals surface area contributed by atoms with Crippen LogP contribution in [-0.4, -0.2) is 47.1 Å². The van der Waals surface area contributed by atoms with Crippen LogP contribution in [0.5, 0.6) is 0 Å². The summed E-state index contributed by atoms with van der Waals surface area (Å²) in [5.41, 5.74) is 4.68. The van der Waals surface area contributed by atoms with Crippen LogP contribution < -0.4 is 10.2 Å². The molecule has 1 aliphatic rings. The van der Waals surface area contributed by atoms with Crippen molar-refractivity contribution in [1.29, 1.82) is 0 Å². The third kappa shape index (κ3) is 4.48. The highest BCUT2D eigenvalue weighted by Crippen LogP contribution is 2.29. The summed E-state index contributed by atoms with van der Waals surface area (Å²) in [5, 5.41) is 3.92. The average Bonchev–Trinajstić information content (AvgIpc) is 2.84. The summed E-state index contributed by atoms with van der Waals surface area (Å²) in [7, 11) is 0. The van der Waals surface area contributed by atoms with Crippen LogP contribution in [0, 0.1) is 12.7 Å². The van der Waals surface area contributed by atoms with E-state index in [4.69, 9.17) is 0 Å². The second-order valence-electron chi connectivity index (χ2n) is 8.21. The Labute approximate surface area is 191 Å². The van der Waals surface area contributed by atoms with E-state index in [1.165, 1.54) is 12.1 Å². The van der Waals surface area contributed by atoms with Crippen LogP contribution in [0.25, 0.3) is 22.0 Å². The number of urea groups is 1. The van der Waals surface area contributed by atoms with Crippen LogP contribution in [0.4, 0.5) is 20.7 Å². The van der Waals surface area contributed by atoms with Crippen LogP contribution in [0.1, 0.15) is 5.56 Å². The number of rotatable bonds is 3. The van der Waals surface area contributed by atoms with Gasteiger partial charge in [0.25, 0.3) is 0 Å². The van der Waals surface area contributed by atoms with Crippen molar-refractivity contribution < 1.29 is 9.18 Å². The lowest BCUT2D eigenvalue weighted by Gasteiger charge is -2.35. The van der Waals surface area contributed by atoms with E-state index in [1.807, 2.05) is 48.2 Å². The zero-order valence-electron chi connectivity index (χ0n) is 18.3. The molecule has 166 valence electrons. The quantitative estimate of drug-likeness (QED) is 0.481. The number of aromatic nitrogens is 2. The van der Waals surface area contributed by atoms with Crippen LogP contribution in [-0.2, 0) is 0 Å². The van der Waals surface area contributed by atoms with Crippen molar-refractivity contribution in [2.45, 2.75) is 6.92 Å². The number of nitrogens with one attached hydrogen (secondary N) is 1. The highest BCUT2D eigenvalue weighted by molar-refractivity contribution is 5.93. The van der Waals surface area contributed by atoms with E-state index in [9.17, 15) is 9.18 Å². The van der Waals surface area contributed by atoms with Gasteiger partial charge in [-0.15, -0.1) is 0 Å². The van der Waals surface area contributed by atoms with Gasteiger partial charge in [-0.05, 0) is 60.0 Å².